The summed E-state index contributed by atoms with van der Waals surface area (Å²) in [5.41, 5.74) is -0.230. The van der Waals surface area contributed by atoms with Crippen LogP contribution in [0, 0.1) is 10.1 Å². The van der Waals surface area contributed by atoms with Crippen LogP contribution in [0.25, 0.3) is 0 Å². The number of nitro groups is 1. The van der Waals surface area contributed by atoms with Gasteiger partial charge in [-0.15, -0.1) is 0 Å². The molecular formula is C12H17N3O4. The Kier molecular flexibility index (Phi) is 4.82. The first-order valence-electron chi connectivity index (χ1n) is 5.74. The molecule has 0 aliphatic carbocycles. The highest BCUT2D eigenvalue weighted by molar-refractivity contribution is 5.95. The smallest absolute Gasteiger partial charge is 0.310 e. The van der Waals surface area contributed by atoms with Crippen LogP contribution < -0.4 is 5.32 Å². The Hall–Kier alpha value is -2.15. The number of hydrogen-bond donors (Lipinski definition) is 2. The third kappa shape index (κ3) is 4.22. The number of carbonyl (C=O) groups excluding carboxylic acids is 1. The standard InChI is InChI=1S/C12H17N3O4/c1-8(7-14(2)3)13-12(17)9-4-5-10(15(18)19)11(16)6-9/h4-6,8,16H,7H2,1-3H3,(H,13,17). The molecule has 1 aromatic rings. The molecular weight excluding hydrogens is 250 g/mol. The molecule has 1 aromatic carbocycles. The Labute approximate surface area is 111 Å². The summed E-state index contributed by atoms with van der Waals surface area (Å²) in [6, 6.07) is 3.45. The van der Waals surface area contributed by atoms with Gasteiger partial charge in [-0.25, -0.2) is 0 Å². The topological polar surface area (TPSA) is 95.7 Å². The van der Waals surface area contributed by atoms with E-state index in [-0.39, 0.29) is 17.5 Å². The highest BCUT2D eigenvalue weighted by Crippen LogP contribution is 2.26. The van der Waals surface area contributed by atoms with Crippen LogP contribution in [0.2, 0.25) is 0 Å². The van der Waals surface area contributed by atoms with Crippen molar-refractivity contribution in [1.82, 2.24) is 10.2 Å². The van der Waals surface area contributed by atoms with Crippen LogP contribution in [0.15, 0.2) is 18.2 Å². The van der Waals surface area contributed by atoms with Crippen molar-refractivity contribution in [3.05, 3.63) is 33.9 Å². The SMILES string of the molecule is CC(CN(C)C)NC(=O)c1ccc([N+](=O)[O-])c(O)c1. The van der Waals surface area contributed by atoms with Crippen molar-refractivity contribution in [3.8, 4) is 5.75 Å². The first kappa shape index (κ1) is 14.9. The number of likely N-dealkylation sites (N-methyl/N-ethyl adjacent to an activating group) is 1. The number of benzene rings is 1. The van der Waals surface area contributed by atoms with Crippen molar-refractivity contribution in [2.75, 3.05) is 20.6 Å². The number of nitrogens with one attached hydrogen (secondary N) is 1. The van der Waals surface area contributed by atoms with Crippen LogP contribution in [0.5, 0.6) is 5.75 Å². The summed E-state index contributed by atoms with van der Waals surface area (Å²) in [5.74, 6) is -0.891. The number of hydrogen-bond acceptors (Lipinski definition) is 5. The first-order valence-corrected chi connectivity index (χ1v) is 5.74. The van der Waals surface area contributed by atoms with E-state index in [1.54, 1.807) is 0 Å². The fraction of sp³-hybridized carbons (Fsp3) is 0.417. The minimum atomic E-state index is -0.703. The molecule has 0 aliphatic rings. The predicted octanol–water partition coefficient (Wildman–Crippen LogP) is 0.980. The highest BCUT2D eigenvalue weighted by atomic mass is 16.6. The molecule has 1 amide bonds. The Morgan fingerprint density at radius 3 is 2.63 bits per heavy atom. The van der Waals surface area contributed by atoms with E-state index >= 15 is 0 Å². The maximum absolute atomic E-state index is 11.9. The van der Waals surface area contributed by atoms with Crippen molar-refractivity contribution >= 4 is 11.6 Å². The average Bonchev–Trinajstić information content (AvgIpc) is 2.26. The number of phenolic OH excluding ortho intramolecular Hbond substituents is 1. The zero-order chi connectivity index (χ0) is 14.6. The van der Waals surface area contributed by atoms with Crippen molar-refractivity contribution in [1.29, 1.82) is 0 Å². The van der Waals surface area contributed by atoms with E-state index in [1.165, 1.54) is 6.07 Å². The lowest BCUT2D eigenvalue weighted by Gasteiger charge is -2.18. The summed E-state index contributed by atoms with van der Waals surface area (Å²) < 4.78 is 0. The first-order chi connectivity index (χ1) is 8.81. The number of carbonyl (C=O) groups is 1. The van der Waals surface area contributed by atoms with Crippen LogP contribution in [-0.2, 0) is 0 Å². The Bertz CT molecular complexity index is 488. The molecule has 1 rings (SSSR count). The highest BCUT2D eigenvalue weighted by Gasteiger charge is 2.17. The molecule has 0 heterocycles. The average molecular weight is 267 g/mol. The summed E-state index contributed by atoms with van der Waals surface area (Å²) in [6.07, 6.45) is 0. The van der Waals surface area contributed by atoms with Crippen LogP contribution in [-0.4, -0.2) is 47.5 Å². The number of rotatable bonds is 5. The van der Waals surface area contributed by atoms with E-state index in [2.05, 4.69) is 5.32 Å². The molecule has 104 valence electrons. The van der Waals surface area contributed by atoms with Gasteiger partial charge in [-0.05, 0) is 33.2 Å². The summed E-state index contributed by atoms with van der Waals surface area (Å²) in [4.78, 5) is 23.6. The molecule has 0 aliphatic heterocycles. The normalized spacial score (nSPS) is 12.2. The quantitative estimate of drug-likeness (QED) is 0.612. The van der Waals surface area contributed by atoms with Gasteiger partial charge in [-0.1, -0.05) is 0 Å². The molecule has 0 bridgehead atoms. The molecule has 1 unspecified atom stereocenters. The zero-order valence-electron chi connectivity index (χ0n) is 11.1. The number of phenols is 1. The zero-order valence-corrected chi connectivity index (χ0v) is 11.1. The Balaban J connectivity index is 2.78. The van der Waals surface area contributed by atoms with Gasteiger partial charge in [0.05, 0.1) is 4.92 Å². The lowest BCUT2D eigenvalue weighted by Crippen LogP contribution is -2.39. The molecule has 0 saturated carbocycles. The van der Waals surface area contributed by atoms with E-state index in [0.29, 0.717) is 6.54 Å². The summed E-state index contributed by atoms with van der Waals surface area (Å²) in [7, 11) is 3.78. The van der Waals surface area contributed by atoms with Gasteiger partial charge in [0.25, 0.3) is 5.91 Å². The fourth-order valence-electron chi connectivity index (χ4n) is 1.72. The van der Waals surface area contributed by atoms with Gasteiger partial charge in [0, 0.05) is 24.2 Å². The van der Waals surface area contributed by atoms with Crippen LogP contribution in [0.1, 0.15) is 17.3 Å². The van der Waals surface area contributed by atoms with E-state index in [1.807, 2.05) is 25.9 Å². The van der Waals surface area contributed by atoms with Gasteiger partial charge < -0.3 is 15.3 Å². The van der Waals surface area contributed by atoms with Gasteiger partial charge in [0.1, 0.15) is 0 Å². The van der Waals surface area contributed by atoms with Gasteiger partial charge >= 0.3 is 5.69 Å². The van der Waals surface area contributed by atoms with Crippen molar-refractivity contribution in [2.45, 2.75) is 13.0 Å². The maximum Gasteiger partial charge on any atom is 0.310 e. The molecule has 0 saturated heterocycles. The Morgan fingerprint density at radius 2 is 2.16 bits per heavy atom. The monoisotopic (exact) mass is 267 g/mol. The van der Waals surface area contributed by atoms with E-state index in [4.69, 9.17) is 0 Å². The number of nitrogens with zero attached hydrogens (tertiary/aromatic N) is 2. The molecule has 1 atom stereocenters. The minimum absolute atomic E-state index is 0.0696. The van der Waals surface area contributed by atoms with Crippen LogP contribution >= 0.6 is 0 Å². The number of nitro benzene ring substituents is 1. The molecule has 7 nitrogen and oxygen atoms in total. The molecule has 2 N–H and O–H groups in total. The van der Waals surface area contributed by atoms with Gasteiger partial charge in [-0.2, -0.15) is 0 Å². The van der Waals surface area contributed by atoms with Crippen molar-refractivity contribution < 1.29 is 14.8 Å². The van der Waals surface area contributed by atoms with Crippen molar-refractivity contribution in [3.63, 3.8) is 0 Å². The maximum atomic E-state index is 11.9. The second kappa shape index (κ2) is 6.14. The predicted molar refractivity (Wildman–Crippen MR) is 70.2 cm³/mol. The van der Waals surface area contributed by atoms with E-state index in [9.17, 15) is 20.0 Å². The van der Waals surface area contributed by atoms with Gasteiger partial charge in [0.15, 0.2) is 5.75 Å². The number of aromatic hydroxyl groups is 1. The van der Waals surface area contributed by atoms with E-state index < -0.39 is 16.4 Å². The lowest BCUT2D eigenvalue weighted by molar-refractivity contribution is -0.385. The van der Waals surface area contributed by atoms with Gasteiger partial charge in [-0.3, -0.25) is 14.9 Å². The molecule has 0 radical (unpaired) electrons. The second-order valence-electron chi connectivity index (χ2n) is 4.60. The molecule has 19 heavy (non-hydrogen) atoms. The Morgan fingerprint density at radius 1 is 1.53 bits per heavy atom. The molecule has 0 aromatic heterocycles. The van der Waals surface area contributed by atoms with E-state index in [0.717, 1.165) is 12.1 Å². The van der Waals surface area contributed by atoms with Crippen LogP contribution in [0.3, 0.4) is 0 Å². The minimum Gasteiger partial charge on any atom is -0.502 e. The summed E-state index contributed by atoms with van der Waals surface area (Å²) in [5, 5.41) is 22.7. The third-order valence-corrected chi connectivity index (χ3v) is 2.45. The molecule has 0 fully saturated rings. The lowest BCUT2D eigenvalue weighted by atomic mass is 10.1. The second-order valence-corrected chi connectivity index (χ2v) is 4.60. The number of amides is 1. The molecule has 7 heteroatoms. The van der Waals surface area contributed by atoms with Gasteiger partial charge in [0.2, 0.25) is 0 Å². The summed E-state index contributed by atoms with van der Waals surface area (Å²) >= 11 is 0. The molecule has 0 spiro atoms. The third-order valence-electron chi connectivity index (χ3n) is 2.45. The summed E-state index contributed by atoms with van der Waals surface area (Å²) in [6.45, 7) is 2.52. The van der Waals surface area contributed by atoms with Crippen LogP contribution in [0.4, 0.5) is 5.69 Å². The largest absolute Gasteiger partial charge is 0.502 e. The fourth-order valence-corrected chi connectivity index (χ4v) is 1.72. The van der Waals surface area contributed by atoms with Crippen molar-refractivity contribution in [2.24, 2.45) is 0 Å².